The molecular formula is C19H19ClN4O2. The Morgan fingerprint density at radius 2 is 1.81 bits per heavy atom. The molecule has 26 heavy (non-hydrogen) atoms. The lowest BCUT2D eigenvalue weighted by Gasteiger charge is -2.11. The molecule has 0 spiro atoms. The van der Waals surface area contributed by atoms with Crippen LogP contribution >= 0.6 is 12.4 Å². The Kier molecular flexibility index (Phi) is 7.08. The average Bonchev–Trinajstić information content (AvgIpc) is 2.67. The molecule has 1 aromatic carbocycles. The Morgan fingerprint density at radius 1 is 1.00 bits per heavy atom. The molecule has 3 aromatic rings. The van der Waals surface area contributed by atoms with Crippen molar-refractivity contribution in [2.24, 2.45) is 5.73 Å². The molecule has 0 saturated heterocycles. The highest BCUT2D eigenvalue weighted by Crippen LogP contribution is 2.18. The number of hydrogen-bond acceptors (Lipinski definition) is 5. The van der Waals surface area contributed by atoms with Crippen molar-refractivity contribution in [3.63, 3.8) is 0 Å². The van der Waals surface area contributed by atoms with Crippen LogP contribution in [-0.2, 0) is 13.2 Å². The summed E-state index contributed by atoms with van der Waals surface area (Å²) in [5, 5.41) is 2.72. The lowest BCUT2D eigenvalue weighted by molar-refractivity contribution is 0.101. The Balaban J connectivity index is 0.00000243. The number of nitrogens with one attached hydrogen (secondary N) is 1. The molecule has 0 bridgehead atoms. The van der Waals surface area contributed by atoms with Gasteiger partial charge < -0.3 is 15.8 Å². The van der Waals surface area contributed by atoms with Crippen molar-refractivity contribution in [3.8, 4) is 5.75 Å². The summed E-state index contributed by atoms with van der Waals surface area (Å²) in [6.45, 7) is 0.730. The molecule has 2 heterocycles. The second kappa shape index (κ2) is 9.50. The van der Waals surface area contributed by atoms with Crippen LogP contribution in [0.25, 0.3) is 0 Å². The van der Waals surface area contributed by atoms with Crippen LogP contribution in [0.3, 0.4) is 0 Å². The number of ether oxygens (including phenoxy) is 1. The van der Waals surface area contributed by atoms with E-state index in [1.165, 1.54) is 0 Å². The molecule has 0 aliphatic rings. The number of rotatable bonds is 6. The summed E-state index contributed by atoms with van der Waals surface area (Å²) in [6.07, 6.45) is 3.15. The SMILES string of the molecule is Cl.NCc1ccnc(NC(=O)c2ncccc2OCc2ccccc2)c1. The van der Waals surface area contributed by atoms with Crippen LogP contribution in [0.1, 0.15) is 21.6 Å². The van der Waals surface area contributed by atoms with Gasteiger partial charge in [-0.3, -0.25) is 4.79 Å². The van der Waals surface area contributed by atoms with Crippen LogP contribution < -0.4 is 15.8 Å². The van der Waals surface area contributed by atoms with Gasteiger partial charge in [-0.05, 0) is 35.4 Å². The monoisotopic (exact) mass is 370 g/mol. The number of benzene rings is 1. The van der Waals surface area contributed by atoms with E-state index in [0.29, 0.717) is 24.7 Å². The maximum Gasteiger partial charge on any atom is 0.279 e. The topological polar surface area (TPSA) is 90.1 Å². The van der Waals surface area contributed by atoms with Crippen molar-refractivity contribution in [3.05, 3.63) is 83.8 Å². The summed E-state index contributed by atoms with van der Waals surface area (Å²) in [7, 11) is 0. The first-order valence-electron chi connectivity index (χ1n) is 7.84. The summed E-state index contributed by atoms with van der Waals surface area (Å²) in [5.41, 5.74) is 7.70. The van der Waals surface area contributed by atoms with E-state index < -0.39 is 0 Å². The summed E-state index contributed by atoms with van der Waals surface area (Å²) >= 11 is 0. The first kappa shape index (κ1) is 19.4. The van der Waals surface area contributed by atoms with E-state index in [4.69, 9.17) is 10.5 Å². The number of nitrogens with zero attached hydrogens (tertiary/aromatic N) is 2. The normalized spacial score (nSPS) is 9.88. The molecule has 2 aromatic heterocycles. The predicted octanol–water partition coefficient (Wildman–Crippen LogP) is 3.19. The Labute approximate surface area is 157 Å². The summed E-state index contributed by atoms with van der Waals surface area (Å²) in [5.74, 6) is 0.455. The van der Waals surface area contributed by atoms with Gasteiger partial charge in [0.1, 0.15) is 12.4 Å². The quantitative estimate of drug-likeness (QED) is 0.695. The minimum atomic E-state index is -0.384. The smallest absolute Gasteiger partial charge is 0.279 e. The highest BCUT2D eigenvalue weighted by Gasteiger charge is 2.15. The second-order valence-electron chi connectivity index (χ2n) is 5.33. The van der Waals surface area contributed by atoms with Crippen LogP contribution in [0.15, 0.2) is 67.0 Å². The second-order valence-corrected chi connectivity index (χ2v) is 5.33. The molecule has 0 aliphatic heterocycles. The molecule has 7 heteroatoms. The van der Waals surface area contributed by atoms with Gasteiger partial charge in [-0.2, -0.15) is 0 Å². The molecule has 0 radical (unpaired) electrons. The van der Waals surface area contributed by atoms with Crippen molar-refractivity contribution in [1.29, 1.82) is 0 Å². The molecule has 0 fully saturated rings. The van der Waals surface area contributed by atoms with Gasteiger partial charge in [0.25, 0.3) is 5.91 Å². The highest BCUT2D eigenvalue weighted by atomic mass is 35.5. The van der Waals surface area contributed by atoms with Gasteiger partial charge in [-0.1, -0.05) is 30.3 Å². The van der Waals surface area contributed by atoms with Crippen LogP contribution in [0.2, 0.25) is 0 Å². The van der Waals surface area contributed by atoms with Crippen molar-refractivity contribution < 1.29 is 9.53 Å². The molecule has 0 unspecified atom stereocenters. The van der Waals surface area contributed by atoms with E-state index in [2.05, 4.69) is 15.3 Å². The van der Waals surface area contributed by atoms with Crippen molar-refractivity contribution in [1.82, 2.24) is 9.97 Å². The molecule has 3 N–H and O–H groups in total. The first-order chi connectivity index (χ1) is 12.3. The molecule has 0 aliphatic carbocycles. The van der Waals surface area contributed by atoms with Gasteiger partial charge in [-0.15, -0.1) is 12.4 Å². The fraction of sp³-hybridized carbons (Fsp3) is 0.105. The van der Waals surface area contributed by atoms with Crippen molar-refractivity contribution in [2.45, 2.75) is 13.2 Å². The standard InChI is InChI=1S/C19H18N4O2.ClH/c20-12-15-8-10-21-17(11-15)23-19(24)18-16(7-4-9-22-18)25-13-14-5-2-1-3-6-14;/h1-11H,12-13,20H2,(H,21,23,24);1H. The fourth-order valence-corrected chi connectivity index (χ4v) is 2.26. The molecule has 0 saturated carbocycles. The molecule has 134 valence electrons. The number of hydrogen-bond donors (Lipinski definition) is 2. The minimum Gasteiger partial charge on any atom is -0.486 e. The molecule has 3 rings (SSSR count). The van der Waals surface area contributed by atoms with Crippen molar-refractivity contribution in [2.75, 3.05) is 5.32 Å². The Morgan fingerprint density at radius 3 is 2.58 bits per heavy atom. The lowest BCUT2D eigenvalue weighted by Crippen LogP contribution is -2.16. The van der Waals surface area contributed by atoms with E-state index in [1.54, 1.807) is 36.7 Å². The summed E-state index contributed by atoms with van der Waals surface area (Å²) < 4.78 is 5.76. The number of aromatic nitrogens is 2. The third-order valence-corrected chi connectivity index (χ3v) is 3.52. The lowest BCUT2D eigenvalue weighted by atomic mass is 10.2. The van der Waals surface area contributed by atoms with Crippen LogP contribution in [0, 0.1) is 0 Å². The largest absolute Gasteiger partial charge is 0.486 e. The number of anilines is 1. The van der Waals surface area contributed by atoms with Gasteiger partial charge >= 0.3 is 0 Å². The van der Waals surface area contributed by atoms with E-state index in [9.17, 15) is 4.79 Å². The van der Waals surface area contributed by atoms with Gasteiger partial charge in [0.05, 0.1) is 0 Å². The Hall–Kier alpha value is -2.96. The van der Waals surface area contributed by atoms with Crippen LogP contribution in [-0.4, -0.2) is 15.9 Å². The van der Waals surface area contributed by atoms with E-state index >= 15 is 0 Å². The molecule has 6 nitrogen and oxygen atoms in total. The minimum absolute atomic E-state index is 0. The zero-order valence-electron chi connectivity index (χ0n) is 14.0. The van der Waals surface area contributed by atoms with Gasteiger partial charge in [0.2, 0.25) is 0 Å². The maximum absolute atomic E-state index is 12.5. The van der Waals surface area contributed by atoms with E-state index in [-0.39, 0.29) is 24.0 Å². The van der Waals surface area contributed by atoms with Gasteiger partial charge in [-0.25, -0.2) is 9.97 Å². The maximum atomic E-state index is 12.5. The predicted molar refractivity (Wildman–Crippen MR) is 102 cm³/mol. The number of carbonyl (C=O) groups excluding carboxylic acids is 1. The first-order valence-corrected chi connectivity index (χ1v) is 7.84. The van der Waals surface area contributed by atoms with E-state index in [1.807, 2.05) is 30.3 Å². The van der Waals surface area contributed by atoms with E-state index in [0.717, 1.165) is 11.1 Å². The van der Waals surface area contributed by atoms with Crippen LogP contribution in [0.4, 0.5) is 5.82 Å². The number of amides is 1. The Bertz CT molecular complexity index is 859. The number of pyridine rings is 2. The number of carbonyl (C=O) groups is 1. The molecule has 1 amide bonds. The summed E-state index contributed by atoms with van der Waals surface area (Å²) in [4.78, 5) is 20.8. The fourth-order valence-electron chi connectivity index (χ4n) is 2.26. The van der Waals surface area contributed by atoms with Crippen molar-refractivity contribution >= 4 is 24.1 Å². The zero-order valence-corrected chi connectivity index (χ0v) is 14.8. The zero-order chi connectivity index (χ0) is 17.5. The molecular weight excluding hydrogens is 352 g/mol. The third kappa shape index (κ3) is 5.02. The molecule has 0 atom stereocenters. The number of halogens is 1. The number of nitrogens with two attached hydrogens (primary N) is 1. The average molecular weight is 371 g/mol. The van der Waals surface area contributed by atoms with Crippen LogP contribution in [0.5, 0.6) is 5.75 Å². The highest BCUT2D eigenvalue weighted by molar-refractivity contribution is 6.04. The van der Waals surface area contributed by atoms with Gasteiger partial charge in [0, 0.05) is 18.9 Å². The van der Waals surface area contributed by atoms with Gasteiger partial charge in [0.15, 0.2) is 11.4 Å². The summed E-state index contributed by atoms with van der Waals surface area (Å²) in [6, 6.07) is 16.7. The third-order valence-electron chi connectivity index (χ3n) is 3.52.